The van der Waals surface area contributed by atoms with E-state index in [1.54, 1.807) is 31.2 Å². The molecule has 218 valence electrons. The van der Waals surface area contributed by atoms with Gasteiger partial charge in [-0.1, -0.05) is 48.5 Å². The van der Waals surface area contributed by atoms with Crippen molar-refractivity contribution in [3.8, 4) is 5.75 Å². The Kier molecular flexibility index (Phi) is 7.93. The van der Waals surface area contributed by atoms with Crippen molar-refractivity contribution in [1.82, 2.24) is 15.1 Å². The SMILES string of the molecule is CCN1C(=O)N[C@H](c2ccccc2C(F)(F)F)C2=C1CN([C@@H](Cc1ccccc1)C(=O)Nc1ccc(OC)cc1)C2=O. The lowest BCUT2D eigenvalue weighted by Crippen LogP contribution is -2.47. The monoisotopic (exact) mass is 578 g/mol. The highest BCUT2D eigenvalue weighted by Crippen LogP contribution is 2.42. The van der Waals surface area contributed by atoms with Crippen molar-refractivity contribution in [1.29, 1.82) is 0 Å². The van der Waals surface area contributed by atoms with Gasteiger partial charge < -0.3 is 20.3 Å². The van der Waals surface area contributed by atoms with Crippen molar-refractivity contribution in [2.75, 3.05) is 25.5 Å². The molecule has 0 unspecified atom stereocenters. The molecule has 2 heterocycles. The van der Waals surface area contributed by atoms with Crippen LogP contribution in [0, 0.1) is 0 Å². The largest absolute Gasteiger partial charge is 0.497 e. The summed E-state index contributed by atoms with van der Waals surface area (Å²) in [5.74, 6) is -0.495. The lowest BCUT2D eigenvalue weighted by Gasteiger charge is -2.33. The van der Waals surface area contributed by atoms with E-state index in [1.165, 1.54) is 35.1 Å². The van der Waals surface area contributed by atoms with Gasteiger partial charge in [-0.05, 0) is 48.4 Å². The normalized spacial score (nSPS) is 17.6. The maximum absolute atomic E-state index is 14.1. The molecular weight excluding hydrogens is 549 g/mol. The Morgan fingerprint density at radius 1 is 1.02 bits per heavy atom. The highest BCUT2D eigenvalue weighted by Gasteiger charge is 2.48. The van der Waals surface area contributed by atoms with Crippen molar-refractivity contribution >= 4 is 23.5 Å². The molecule has 3 aromatic carbocycles. The standard InChI is InChI=1S/C31H29F3N4O4/c1-3-37-25-18-38(29(40)26(25)27(36-30(37)41)22-11-7-8-12-23(22)31(32,33)34)24(17-19-9-5-4-6-10-19)28(39)35-20-13-15-21(42-2)16-14-20/h4-16,24,27H,3,17-18H2,1-2H3,(H,35,39)(H,36,41)/t24-,27+/m0/s1. The molecule has 0 bridgehead atoms. The summed E-state index contributed by atoms with van der Waals surface area (Å²) in [4.78, 5) is 43.7. The summed E-state index contributed by atoms with van der Waals surface area (Å²) < 4.78 is 47.2. The van der Waals surface area contributed by atoms with E-state index in [1.807, 2.05) is 30.3 Å². The van der Waals surface area contributed by atoms with Gasteiger partial charge in [-0.2, -0.15) is 13.2 Å². The van der Waals surface area contributed by atoms with Gasteiger partial charge in [0, 0.05) is 18.7 Å². The number of carbonyl (C=O) groups is 3. The van der Waals surface area contributed by atoms with Gasteiger partial charge in [0.1, 0.15) is 11.8 Å². The minimum Gasteiger partial charge on any atom is -0.497 e. The molecule has 8 nitrogen and oxygen atoms in total. The molecule has 0 fully saturated rings. The number of anilines is 1. The fourth-order valence-electron chi connectivity index (χ4n) is 5.42. The number of hydrogen-bond donors (Lipinski definition) is 2. The lowest BCUT2D eigenvalue weighted by molar-refractivity contribution is -0.138. The number of hydrogen-bond acceptors (Lipinski definition) is 4. The number of halogens is 3. The topological polar surface area (TPSA) is 91.0 Å². The van der Waals surface area contributed by atoms with E-state index >= 15 is 0 Å². The van der Waals surface area contributed by atoms with Crippen molar-refractivity contribution in [2.24, 2.45) is 0 Å². The van der Waals surface area contributed by atoms with Crippen LogP contribution >= 0.6 is 0 Å². The Labute approximate surface area is 240 Å². The fraction of sp³-hybridized carbons (Fsp3) is 0.258. The molecule has 0 saturated carbocycles. The number of amides is 4. The number of rotatable bonds is 8. The molecule has 2 atom stereocenters. The minimum atomic E-state index is -4.71. The van der Waals surface area contributed by atoms with E-state index in [-0.39, 0.29) is 36.3 Å². The van der Waals surface area contributed by atoms with E-state index in [0.717, 1.165) is 11.6 Å². The van der Waals surface area contributed by atoms with E-state index in [2.05, 4.69) is 10.6 Å². The number of nitrogens with zero attached hydrogens (tertiary/aromatic N) is 2. The number of carbonyl (C=O) groups excluding carboxylic acids is 3. The van der Waals surface area contributed by atoms with Crippen LogP contribution in [-0.2, 0) is 22.2 Å². The zero-order chi connectivity index (χ0) is 30.0. The highest BCUT2D eigenvalue weighted by molar-refractivity contribution is 6.05. The molecule has 2 N–H and O–H groups in total. The quantitative estimate of drug-likeness (QED) is 0.387. The summed E-state index contributed by atoms with van der Waals surface area (Å²) in [5, 5.41) is 5.45. The number of likely N-dealkylation sites (N-methyl/N-ethyl adjacent to an activating group) is 1. The molecule has 0 radical (unpaired) electrons. The second-order valence-corrected chi connectivity index (χ2v) is 9.93. The van der Waals surface area contributed by atoms with Gasteiger partial charge >= 0.3 is 12.2 Å². The number of alkyl halides is 3. The van der Waals surface area contributed by atoms with Gasteiger partial charge in [0.2, 0.25) is 5.91 Å². The molecule has 2 aliphatic rings. The van der Waals surface area contributed by atoms with Gasteiger partial charge in [0.15, 0.2) is 0 Å². The maximum atomic E-state index is 14.1. The van der Waals surface area contributed by atoms with Gasteiger partial charge in [-0.15, -0.1) is 0 Å². The van der Waals surface area contributed by atoms with E-state index in [4.69, 9.17) is 4.74 Å². The molecular formula is C31H29F3N4O4. The summed E-state index contributed by atoms with van der Waals surface area (Å²) >= 11 is 0. The summed E-state index contributed by atoms with van der Waals surface area (Å²) in [6, 6.07) is 17.7. The molecule has 5 rings (SSSR count). The van der Waals surface area contributed by atoms with Crippen molar-refractivity contribution in [3.63, 3.8) is 0 Å². The fourth-order valence-corrected chi connectivity index (χ4v) is 5.42. The van der Waals surface area contributed by atoms with Gasteiger partial charge in [-0.3, -0.25) is 14.5 Å². The number of nitrogens with one attached hydrogen (secondary N) is 2. The minimum absolute atomic E-state index is 0.0171. The first kappa shape index (κ1) is 28.7. The molecule has 11 heteroatoms. The number of methoxy groups -OCH3 is 1. The van der Waals surface area contributed by atoms with Crippen LogP contribution in [0.25, 0.3) is 0 Å². The highest BCUT2D eigenvalue weighted by atomic mass is 19.4. The van der Waals surface area contributed by atoms with Crippen LogP contribution in [0.5, 0.6) is 5.75 Å². The summed E-state index contributed by atoms with van der Waals surface area (Å²) in [6.45, 7) is 1.77. The van der Waals surface area contributed by atoms with E-state index in [0.29, 0.717) is 11.4 Å². The Morgan fingerprint density at radius 3 is 2.33 bits per heavy atom. The van der Waals surface area contributed by atoms with Crippen LogP contribution in [0.1, 0.15) is 29.7 Å². The Bertz CT molecular complexity index is 1520. The maximum Gasteiger partial charge on any atom is 0.416 e. The molecule has 3 aromatic rings. The zero-order valence-electron chi connectivity index (χ0n) is 22.9. The second-order valence-electron chi connectivity index (χ2n) is 9.93. The molecule has 0 aliphatic carbocycles. The first-order chi connectivity index (χ1) is 20.1. The first-order valence-electron chi connectivity index (χ1n) is 13.4. The van der Waals surface area contributed by atoms with Crippen LogP contribution in [-0.4, -0.2) is 53.9 Å². The third-order valence-corrected chi connectivity index (χ3v) is 7.45. The zero-order valence-corrected chi connectivity index (χ0v) is 22.9. The second kappa shape index (κ2) is 11.6. The van der Waals surface area contributed by atoms with Crippen LogP contribution in [0.3, 0.4) is 0 Å². The predicted octanol–water partition coefficient (Wildman–Crippen LogP) is 5.15. The first-order valence-corrected chi connectivity index (χ1v) is 13.4. The Hall–Kier alpha value is -4.80. The van der Waals surface area contributed by atoms with Gasteiger partial charge in [0.05, 0.1) is 36.5 Å². The Morgan fingerprint density at radius 2 is 1.69 bits per heavy atom. The smallest absolute Gasteiger partial charge is 0.416 e. The summed E-state index contributed by atoms with van der Waals surface area (Å²) in [6.07, 6.45) is -4.56. The van der Waals surface area contributed by atoms with Crippen molar-refractivity contribution < 1.29 is 32.3 Å². The van der Waals surface area contributed by atoms with E-state index < -0.39 is 41.7 Å². The third kappa shape index (κ3) is 5.54. The van der Waals surface area contributed by atoms with Gasteiger partial charge in [0.25, 0.3) is 5.91 Å². The summed E-state index contributed by atoms with van der Waals surface area (Å²) in [5.41, 5.74) is 0.375. The average Bonchev–Trinajstić information content (AvgIpc) is 3.32. The van der Waals surface area contributed by atoms with E-state index in [9.17, 15) is 27.6 Å². The molecule has 0 saturated heterocycles. The van der Waals surface area contributed by atoms with Gasteiger partial charge in [-0.25, -0.2) is 4.79 Å². The van der Waals surface area contributed by atoms with Crippen LogP contribution < -0.4 is 15.4 Å². The molecule has 42 heavy (non-hydrogen) atoms. The number of ether oxygens (including phenoxy) is 1. The Balaban J connectivity index is 1.54. The lowest BCUT2D eigenvalue weighted by atomic mass is 9.91. The molecule has 4 amide bonds. The van der Waals surface area contributed by atoms with Crippen LogP contribution in [0.15, 0.2) is 90.1 Å². The average molecular weight is 579 g/mol. The van der Waals surface area contributed by atoms with Crippen LogP contribution in [0.4, 0.5) is 23.7 Å². The molecule has 2 aliphatic heterocycles. The van der Waals surface area contributed by atoms with Crippen LogP contribution in [0.2, 0.25) is 0 Å². The van der Waals surface area contributed by atoms with Crippen molar-refractivity contribution in [2.45, 2.75) is 31.6 Å². The predicted molar refractivity (Wildman–Crippen MR) is 149 cm³/mol. The third-order valence-electron chi connectivity index (χ3n) is 7.45. The molecule has 0 aromatic heterocycles. The number of urea groups is 1. The van der Waals surface area contributed by atoms with Crippen molar-refractivity contribution in [3.05, 3.63) is 107 Å². The number of benzene rings is 3. The summed E-state index contributed by atoms with van der Waals surface area (Å²) in [7, 11) is 1.52. The molecule has 0 spiro atoms.